The number of unbranched alkanes of at least 4 members (excludes halogenated alkanes) is 1. The van der Waals surface area contributed by atoms with Crippen molar-refractivity contribution < 1.29 is 79.0 Å². The molecular weight excluding hydrogens is 486 g/mol. The van der Waals surface area contributed by atoms with Gasteiger partial charge in [-0.05, 0) is 12.8 Å². The molecule has 0 fully saturated rings. The van der Waals surface area contributed by atoms with Crippen LogP contribution in [-0.4, -0.2) is 47.9 Å². The highest BCUT2D eigenvalue weighted by Crippen LogP contribution is 2.56. The van der Waals surface area contributed by atoms with Crippen LogP contribution in [-0.2, 0) is 0 Å². The van der Waals surface area contributed by atoms with Crippen molar-refractivity contribution in [3.63, 3.8) is 0 Å². The summed E-state index contributed by atoms with van der Waals surface area (Å²) in [7, 11) is 0. The summed E-state index contributed by atoms with van der Waals surface area (Å²) in [5, 5.41) is 0. The number of halogens is 18. The van der Waals surface area contributed by atoms with Crippen molar-refractivity contribution in [3.05, 3.63) is 0 Å². The summed E-state index contributed by atoms with van der Waals surface area (Å²) in [6.07, 6.45) is -23.7. The average Bonchev–Trinajstić information content (AvgIpc) is 2.48. The second-order valence-corrected chi connectivity index (χ2v) is 5.91. The average molecular weight is 494 g/mol. The van der Waals surface area contributed by atoms with E-state index in [1.165, 1.54) is 0 Å². The molecule has 0 nitrogen and oxygen atoms in total. The van der Waals surface area contributed by atoms with E-state index in [1.807, 2.05) is 0 Å². The van der Waals surface area contributed by atoms with E-state index in [-0.39, 0.29) is 0 Å². The van der Waals surface area contributed by atoms with Gasteiger partial charge in [-0.3, -0.25) is 0 Å². The fourth-order valence-corrected chi connectivity index (χ4v) is 1.82. The normalized spacial score (nSPS) is 16.2. The maximum absolute atomic E-state index is 13.1. The molecule has 18 heteroatoms. The van der Waals surface area contributed by atoms with Crippen LogP contribution < -0.4 is 0 Å². The molecule has 0 amide bonds. The van der Waals surface area contributed by atoms with Crippen molar-refractivity contribution in [2.45, 2.75) is 73.6 Å². The predicted octanol–water partition coefficient (Wildman–Crippen LogP) is 7.48. The SMILES string of the molecule is FC(F)(F)C(F)(F)C(F)(F)C(F)(F)CCCCC(F)(F)C(F)(F)C(F)(F)C(F)(F)F. The van der Waals surface area contributed by atoms with E-state index in [0.717, 1.165) is 0 Å². The Hall–Kier alpha value is -1.26. The Kier molecular flexibility index (Phi) is 7.38. The van der Waals surface area contributed by atoms with Gasteiger partial charge in [0.15, 0.2) is 0 Å². The van der Waals surface area contributed by atoms with Crippen molar-refractivity contribution in [2.24, 2.45) is 0 Å². The Balaban J connectivity index is 5.30. The number of hydrogen-bond acceptors (Lipinski definition) is 0. The molecule has 0 aromatic carbocycles. The highest BCUT2D eigenvalue weighted by Gasteiger charge is 2.82. The Bertz CT molecular complexity index is 527. The molecule has 0 saturated carbocycles. The summed E-state index contributed by atoms with van der Waals surface area (Å²) in [6.45, 7) is 0. The topological polar surface area (TPSA) is 0 Å². The second-order valence-electron chi connectivity index (χ2n) is 5.91. The van der Waals surface area contributed by atoms with Crippen LogP contribution in [0.15, 0.2) is 0 Å². The third-order valence-electron chi connectivity index (χ3n) is 3.65. The van der Waals surface area contributed by atoms with Gasteiger partial charge >= 0.3 is 47.9 Å². The molecule has 0 saturated heterocycles. The van der Waals surface area contributed by atoms with Crippen LogP contribution in [0.2, 0.25) is 0 Å². The summed E-state index contributed by atoms with van der Waals surface area (Å²) in [5.41, 5.74) is 0. The highest BCUT2D eigenvalue weighted by atomic mass is 19.4. The van der Waals surface area contributed by atoms with Gasteiger partial charge < -0.3 is 0 Å². The first-order valence-electron chi connectivity index (χ1n) is 7.11. The summed E-state index contributed by atoms with van der Waals surface area (Å²) in [6, 6.07) is 0. The van der Waals surface area contributed by atoms with Crippen LogP contribution in [0.1, 0.15) is 25.7 Å². The first-order chi connectivity index (χ1) is 12.7. The lowest BCUT2D eigenvalue weighted by Gasteiger charge is -2.34. The minimum absolute atomic E-state index is 1.94. The van der Waals surface area contributed by atoms with Gasteiger partial charge in [0.2, 0.25) is 0 Å². The lowest BCUT2D eigenvalue weighted by atomic mass is 9.95. The molecule has 182 valence electrons. The van der Waals surface area contributed by atoms with Crippen molar-refractivity contribution >= 4 is 0 Å². The third-order valence-corrected chi connectivity index (χ3v) is 3.65. The van der Waals surface area contributed by atoms with Gasteiger partial charge in [-0.25, -0.2) is 0 Å². The molecule has 0 heterocycles. The number of rotatable bonds is 9. The fourth-order valence-electron chi connectivity index (χ4n) is 1.82. The summed E-state index contributed by atoms with van der Waals surface area (Å²) < 4.78 is 225. The molecule has 30 heavy (non-hydrogen) atoms. The van der Waals surface area contributed by atoms with Crippen LogP contribution in [0.3, 0.4) is 0 Å². The van der Waals surface area contributed by atoms with Gasteiger partial charge in [-0.2, -0.15) is 79.0 Å². The van der Waals surface area contributed by atoms with Crippen molar-refractivity contribution in [1.29, 1.82) is 0 Å². The molecule has 0 spiro atoms. The Morgan fingerprint density at radius 1 is 0.300 bits per heavy atom. The quantitative estimate of drug-likeness (QED) is 0.230. The molecule has 0 radical (unpaired) electrons. The van der Waals surface area contributed by atoms with Crippen LogP contribution >= 0.6 is 0 Å². The zero-order valence-corrected chi connectivity index (χ0v) is 13.6. The Morgan fingerprint density at radius 3 is 0.667 bits per heavy atom. The number of alkyl halides is 18. The molecule has 0 aromatic heterocycles. The van der Waals surface area contributed by atoms with Gasteiger partial charge in [0.25, 0.3) is 0 Å². The van der Waals surface area contributed by atoms with Gasteiger partial charge in [0, 0.05) is 12.8 Å². The first kappa shape index (κ1) is 28.7. The van der Waals surface area contributed by atoms with E-state index in [2.05, 4.69) is 0 Å². The van der Waals surface area contributed by atoms with Gasteiger partial charge in [0.1, 0.15) is 0 Å². The smallest absolute Gasteiger partial charge is 0.200 e. The molecule has 0 atom stereocenters. The summed E-state index contributed by atoms with van der Waals surface area (Å²) in [5.74, 6) is -41.4. The number of hydrogen-bond donors (Lipinski definition) is 0. The van der Waals surface area contributed by atoms with E-state index in [1.54, 1.807) is 0 Å². The maximum atomic E-state index is 13.1. The minimum atomic E-state index is -7.31. The van der Waals surface area contributed by atoms with E-state index < -0.39 is 73.6 Å². The standard InChI is InChI=1S/C12H8F18/c13-5(14,7(17,18)9(21,22)11(25,26)27)3-1-2-4-6(15,16)8(19,20)10(23,24)12(28,29)30/h1-4H2. The molecule has 0 aromatic rings. The second kappa shape index (κ2) is 7.70. The van der Waals surface area contributed by atoms with Crippen LogP contribution in [0.4, 0.5) is 79.0 Å². The predicted molar refractivity (Wildman–Crippen MR) is 60.3 cm³/mol. The minimum Gasteiger partial charge on any atom is -0.200 e. The molecule has 0 aliphatic heterocycles. The highest BCUT2D eigenvalue weighted by molar-refractivity contribution is 5.01. The molecule has 0 aliphatic rings. The third kappa shape index (κ3) is 4.65. The molecule has 0 N–H and O–H groups in total. The van der Waals surface area contributed by atoms with Crippen molar-refractivity contribution in [3.8, 4) is 0 Å². The van der Waals surface area contributed by atoms with Crippen molar-refractivity contribution in [2.75, 3.05) is 0 Å². The van der Waals surface area contributed by atoms with E-state index in [0.29, 0.717) is 0 Å². The van der Waals surface area contributed by atoms with Crippen LogP contribution in [0, 0.1) is 0 Å². The molecular formula is C12H8F18. The van der Waals surface area contributed by atoms with Crippen LogP contribution in [0.5, 0.6) is 0 Å². The lowest BCUT2D eigenvalue weighted by Crippen LogP contribution is -2.61. The van der Waals surface area contributed by atoms with Gasteiger partial charge in [0.05, 0.1) is 0 Å². The van der Waals surface area contributed by atoms with E-state index in [9.17, 15) is 79.0 Å². The van der Waals surface area contributed by atoms with Gasteiger partial charge in [-0.1, -0.05) is 0 Å². The molecule has 0 unspecified atom stereocenters. The summed E-state index contributed by atoms with van der Waals surface area (Å²) in [4.78, 5) is 0. The van der Waals surface area contributed by atoms with Crippen molar-refractivity contribution in [1.82, 2.24) is 0 Å². The fraction of sp³-hybridized carbons (Fsp3) is 1.00. The molecule has 0 bridgehead atoms. The lowest BCUT2D eigenvalue weighted by molar-refractivity contribution is -0.398. The monoisotopic (exact) mass is 494 g/mol. The zero-order valence-electron chi connectivity index (χ0n) is 13.6. The van der Waals surface area contributed by atoms with Crippen LogP contribution in [0.25, 0.3) is 0 Å². The molecule has 0 rings (SSSR count). The molecule has 0 aliphatic carbocycles. The van der Waals surface area contributed by atoms with E-state index in [4.69, 9.17) is 0 Å². The first-order valence-corrected chi connectivity index (χ1v) is 7.11. The zero-order chi connectivity index (χ0) is 24.8. The largest absolute Gasteiger partial charge is 0.460 e. The maximum Gasteiger partial charge on any atom is 0.460 e. The van der Waals surface area contributed by atoms with Gasteiger partial charge in [-0.15, -0.1) is 0 Å². The van der Waals surface area contributed by atoms with E-state index >= 15 is 0 Å². The Labute approximate surface area is 154 Å². The Morgan fingerprint density at radius 2 is 0.500 bits per heavy atom. The summed E-state index contributed by atoms with van der Waals surface area (Å²) >= 11 is 0.